The van der Waals surface area contributed by atoms with Crippen LogP contribution in [-0.4, -0.2) is 22.2 Å². The summed E-state index contributed by atoms with van der Waals surface area (Å²) in [7, 11) is 0. The van der Waals surface area contributed by atoms with E-state index in [9.17, 15) is 13.6 Å². The van der Waals surface area contributed by atoms with Crippen molar-refractivity contribution in [3.63, 3.8) is 0 Å². The average Bonchev–Trinajstić information content (AvgIpc) is 2.80. The molecule has 7 heteroatoms. The van der Waals surface area contributed by atoms with Crippen molar-refractivity contribution < 1.29 is 13.6 Å². The van der Waals surface area contributed by atoms with Gasteiger partial charge in [-0.2, -0.15) is 5.10 Å². The lowest BCUT2D eigenvalue weighted by atomic mass is 10.2. The van der Waals surface area contributed by atoms with E-state index in [-0.39, 0.29) is 11.0 Å². The second kappa shape index (κ2) is 5.92. The molecule has 19 heavy (non-hydrogen) atoms. The molecule has 1 N–H and O–H groups in total. The number of nitrogens with one attached hydrogen (secondary N) is 1. The Balaban J connectivity index is 2.00. The molecule has 1 aromatic heterocycles. The van der Waals surface area contributed by atoms with Gasteiger partial charge >= 0.3 is 0 Å². The summed E-state index contributed by atoms with van der Waals surface area (Å²) >= 11 is 2.95. The molecule has 0 bridgehead atoms. The molecule has 100 valence electrons. The minimum atomic E-state index is -0.900. The van der Waals surface area contributed by atoms with E-state index in [2.05, 4.69) is 26.3 Å². The minimum Gasteiger partial charge on any atom is -0.350 e. The van der Waals surface area contributed by atoms with Crippen LogP contribution in [0.5, 0.6) is 0 Å². The maximum atomic E-state index is 13.5. The van der Waals surface area contributed by atoms with E-state index in [0.29, 0.717) is 6.54 Å². The quantitative estimate of drug-likeness (QED) is 0.936. The van der Waals surface area contributed by atoms with E-state index in [1.807, 2.05) is 0 Å². The molecule has 0 saturated carbocycles. The molecule has 1 aromatic carbocycles. The highest BCUT2D eigenvalue weighted by Crippen LogP contribution is 2.19. The smallest absolute Gasteiger partial charge is 0.257 e. The van der Waals surface area contributed by atoms with Gasteiger partial charge in [-0.25, -0.2) is 8.78 Å². The molecule has 1 heterocycles. The number of hydrogen-bond acceptors (Lipinski definition) is 2. The molecule has 2 aromatic rings. The van der Waals surface area contributed by atoms with Gasteiger partial charge in [0.25, 0.3) is 5.91 Å². The largest absolute Gasteiger partial charge is 0.350 e. The lowest BCUT2D eigenvalue weighted by Crippen LogP contribution is -2.29. The third-order valence-corrected chi connectivity index (χ3v) is 2.88. The second-order valence-corrected chi connectivity index (χ2v) is 4.69. The lowest BCUT2D eigenvalue weighted by molar-refractivity contribution is 0.0943. The van der Waals surface area contributed by atoms with Gasteiger partial charge in [0.15, 0.2) is 0 Å². The third-order valence-electron chi connectivity index (χ3n) is 2.42. The van der Waals surface area contributed by atoms with Gasteiger partial charge in [-0.15, -0.1) is 0 Å². The summed E-state index contributed by atoms with van der Waals surface area (Å²) < 4.78 is 28.9. The predicted octanol–water partition coefficient (Wildman–Crippen LogP) is 2.35. The molecule has 4 nitrogen and oxygen atoms in total. The van der Waals surface area contributed by atoms with Gasteiger partial charge in [-0.1, -0.05) is 15.9 Å². The van der Waals surface area contributed by atoms with Gasteiger partial charge in [0.05, 0.1) is 6.54 Å². The van der Waals surface area contributed by atoms with Crippen LogP contribution in [0.2, 0.25) is 0 Å². The van der Waals surface area contributed by atoms with Gasteiger partial charge in [0, 0.05) is 23.4 Å². The number of nitrogens with zero attached hydrogens (tertiary/aromatic N) is 2. The fourth-order valence-electron chi connectivity index (χ4n) is 1.56. The van der Waals surface area contributed by atoms with E-state index in [0.717, 1.165) is 12.1 Å². The predicted molar refractivity (Wildman–Crippen MR) is 68.6 cm³/mol. The van der Waals surface area contributed by atoms with E-state index < -0.39 is 23.1 Å². The van der Waals surface area contributed by atoms with Crippen molar-refractivity contribution in [1.82, 2.24) is 15.1 Å². The number of hydrogen-bond donors (Lipinski definition) is 1. The molecule has 0 atom stereocenters. The summed E-state index contributed by atoms with van der Waals surface area (Å²) in [4.78, 5) is 11.7. The van der Waals surface area contributed by atoms with E-state index in [1.165, 1.54) is 0 Å². The van der Waals surface area contributed by atoms with Crippen LogP contribution in [-0.2, 0) is 6.54 Å². The first-order valence-corrected chi connectivity index (χ1v) is 6.27. The van der Waals surface area contributed by atoms with Gasteiger partial charge in [0.1, 0.15) is 17.2 Å². The Labute approximate surface area is 116 Å². The summed E-state index contributed by atoms with van der Waals surface area (Å²) in [6.45, 7) is 0.661. The maximum Gasteiger partial charge on any atom is 0.257 e. The van der Waals surface area contributed by atoms with Crippen LogP contribution in [0.1, 0.15) is 10.4 Å². The number of carbonyl (C=O) groups excluding carboxylic acids is 1. The van der Waals surface area contributed by atoms with Crippen molar-refractivity contribution in [3.05, 3.63) is 52.3 Å². The Bertz CT molecular complexity index is 564. The van der Waals surface area contributed by atoms with Crippen molar-refractivity contribution in [2.24, 2.45) is 0 Å². The number of amides is 1. The van der Waals surface area contributed by atoms with Crippen LogP contribution >= 0.6 is 15.9 Å². The van der Waals surface area contributed by atoms with Crippen LogP contribution in [0, 0.1) is 11.6 Å². The summed E-state index contributed by atoms with van der Waals surface area (Å²) in [5.41, 5.74) is -0.580. The van der Waals surface area contributed by atoms with Crippen molar-refractivity contribution in [3.8, 4) is 0 Å². The maximum absolute atomic E-state index is 13.5. The van der Waals surface area contributed by atoms with Crippen LogP contribution in [0.15, 0.2) is 35.1 Å². The molecule has 0 radical (unpaired) electrons. The van der Waals surface area contributed by atoms with Gasteiger partial charge < -0.3 is 5.32 Å². The van der Waals surface area contributed by atoms with Crippen LogP contribution in [0.4, 0.5) is 8.78 Å². The van der Waals surface area contributed by atoms with Crippen molar-refractivity contribution in [2.75, 3.05) is 6.54 Å². The first-order chi connectivity index (χ1) is 9.08. The van der Waals surface area contributed by atoms with Gasteiger partial charge in [0.2, 0.25) is 0 Å². The number of aromatic nitrogens is 2. The fourth-order valence-corrected chi connectivity index (χ4v) is 1.97. The van der Waals surface area contributed by atoms with Crippen LogP contribution in [0.3, 0.4) is 0 Å². The fraction of sp³-hybridized carbons (Fsp3) is 0.167. The summed E-state index contributed by atoms with van der Waals surface area (Å²) in [6, 6.07) is 3.84. The topological polar surface area (TPSA) is 46.9 Å². The number of halogens is 3. The van der Waals surface area contributed by atoms with Crippen molar-refractivity contribution >= 4 is 21.8 Å². The molecule has 0 aliphatic carbocycles. The summed E-state index contributed by atoms with van der Waals surface area (Å²) in [5.74, 6) is -2.58. The highest BCUT2D eigenvalue weighted by atomic mass is 79.9. The first kappa shape index (κ1) is 13.7. The Kier molecular flexibility index (Phi) is 4.26. The molecule has 0 aliphatic rings. The first-order valence-electron chi connectivity index (χ1n) is 5.48. The molecular formula is C12H10BrF2N3O. The van der Waals surface area contributed by atoms with Crippen molar-refractivity contribution in [1.29, 1.82) is 0 Å². The normalized spacial score (nSPS) is 10.5. The van der Waals surface area contributed by atoms with Crippen LogP contribution < -0.4 is 5.32 Å². The molecule has 0 aliphatic heterocycles. The molecular weight excluding hydrogens is 320 g/mol. The molecule has 0 fully saturated rings. The number of benzene rings is 1. The zero-order valence-corrected chi connectivity index (χ0v) is 11.3. The second-order valence-electron chi connectivity index (χ2n) is 3.77. The van der Waals surface area contributed by atoms with E-state index in [4.69, 9.17) is 0 Å². The molecule has 0 saturated heterocycles. The summed E-state index contributed by atoms with van der Waals surface area (Å²) in [6.07, 6.45) is 3.34. The minimum absolute atomic E-state index is 0.232. The van der Waals surface area contributed by atoms with Crippen molar-refractivity contribution in [2.45, 2.75) is 6.54 Å². The van der Waals surface area contributed by atoms with Crippen LogP contribution in [0.25, 0.3) is 0 Å². The summed E-state index contributed by atoms with van der Waals surface area (Å²) in [5, 5.41) is 6.39. The molecule has 1 amide bonds. The Morgan fingerprint density at radius 1 is 1.37 bits per heavy atom. The average molecular weight is 330 g/mol. The highest BCUT2D eigenvalue weighted by molar-refractivity contribution is 9.10. The van der Waals surface area contributed by atoms with E-state index in [1.54, 1.807) is 23.1 Å². The molecule has 0 unspecified atom stereocenters. The number of carbonyl (C=O) groups is 1. The molecule has 2 rings (SSSR count). The monoisotopic (exact) mass is 329 g/mol. The Morgan fingerprint density at radius 2 is 2.05 bits per heavy atom. The number of rotatable bonds is 4. The molecule has 0 spiro atoms. The van der Waals surface area contributed by atoms with Gasteiger partial charge in [-0.05, 0) is 18.2 Å². The Morgan fingerprint density at radius 3 is 2.63 bits per heavy atom. The van der Waals surface area contributed by atoms with Gasteiger partial charge in [-0.3, -0.25) is 9.48 Å². The SMILES string of the molecule is O=C(NCCn1cccn1)c1c(F)cc(Br)cc1F. The zero-order chi connectivity index (χ0) is 13.8. The third kappa shape index (κ3) is 3.37. The highest BCUT2D eigenvalue weighted by Gasteiger charge is 2.17. The zero-order valence-electron chi connectivity index (χ0n) is 9.74. The standard InChI is InChI=1S/C12H10BrF2N3O/c13-8-6-9(14)11(10(15)7-8)12(19)16-3-5-18-4-1-2-17-18/h1-2,4,6-7H,3,5H2,(H,16,19). The van der Waals surface area contributed by atoms with E-state index >= 15 is 0 Å². The Hall–Kier alpha value is -1.76. The lowest BCUT2D eigenvalue weighted by Gasteiger charge is -2.07.